The van der Waals surface area contributed by atoms with Crippen LogP contribution in [0.5, 0.6) is 5.75 Å². The van der Waals surface area contributed by atoms with Gasteiger partial charge in [-0.05, 0) is 37.7 Å². The first kappa shape index (κ1) is 16.3. The predicted molar refractivity (Wildman–Crippen MR) is 82.1 cm³/mol. The fourth-order valence-corrected chi connectivity index (χ4v) is 2.21. The van der Waals surface area contributed by atoms with Crippen LogP contribution in [0.2, 0.25) is 0 Å². The molecule has 0 unspecified atom stereocenters. The maximum Gasteiger partial charge on any atom is 0.251 e. The second-order valence-electron chi connectivity index (χ2n) is 6.04. The Morgan fingerprint density at radius 3 is 2.55 bits per heavy atom. The number of nitrogen functional groups attached to an aromatic ring is 1. The predicted octanol–water partition coefficient (Wildman–Crippen LogP) is 1.59. The summed E-state index contributed by atoms with van der Waals surface area (Å²) in [6, 6.07) is 5.05. The third-order valence-corrected chi connectivity index (χ3v) is 2.96. The number of nitrogens with zero attached hydrogens (tertiary/aromatic N) is 1. The van der Waals surface area contributed by atoms with Crippen LogP contribution in [0, 0.1) is 5.41 Å². The number of benzene rings is 1. The number of carbonyl (C=O) groups is 1. The molecule has 0 saturated heterocycles. The molecule has 0 radical (unpaired) electrons. The number of hydrogen-bond acceptors (Lipinski definition) is 4. The van der Waals surface area contributed by atoms with Crippen LogP contribution in [0.15, 0.2) is 18.2 Å². The van der Waals surface area contributed by atoms with Gasteiger partial charge in [-0.1, -0.05) is 13.8 Å². The van der Waals surface area contributed by atoms with E-state index in [0.29, 0.717) is 23.5 Å². The number of nitrogens with one attached hydrogen (secondary N) is 1. The van der Waals surface area contributed by atoms with Gasteiger partial charge in [-0.2, -0.15) is 0 Å². The van der Waals surface area contributed by atoms with Crippen LogP contribution in [-0.2, 0) is 0 Å². The summed E-state index contributed by atoms with van der Waals surface area (Å²) in [6.07, 6.45) is 0. The van der Waals surface area contributed by atoms with E-state index >= 15 is 0 Å². The summed E-state index contributed by atoms with van der Waals surface area (Å²) in [5.74, 6) is 0.459. The summed E-state index contributed by atoms with van der Waals surface area (Å²) in [7, 11) is 5.59. The van der Waals surface area contributed by atoms with Gasteiger partial charge < -0.3 is 20.7 Å². The van der Waals surface area contributed by atoms with Crippen molar-refractivity contribution in [2.75, 3.05) is 40.0 Å². The van der Waals surface area contributed by atoms with Crippen LogP contribution in [0.4, 0.5) is 5.69 Å². The van der Waals surface area contributed by atoms with E-state index in [0.717, 1.165) is 6.54 Å². The second-order valence-corrected chi connectivity index (χ2v) is 6.04. The van der Waals surface area contributed by atoms with Crippen LogP contribution in [-0.4, -0.2) is 45.1 Å². The van der Waals surface area contributed by atoms with E-state index in [9.17, 15) is 4.79 Å². The van der Waals surface area contributed by atoms with Gasteiger partial charge in [0, 0.05) is 18.7 Å². The Hall–Kier alpha value is -1.75. The molecule has 1 aromatic rings. The summed E-state index contributed by atoms with van der Waals surface area (Å²) in [5, 5.41) is 2.95. The van der Waals surface area contributed by atoms with Gasteiger partial charge in [0.2, 0.25) is 0 Å². The van der Waals surface area contributed by atoms with Crippen molar-refractivity contribution >= 4 is 11.6 Å². The Morgan fingerprint density at radius 2 is 2.05 bits per heavy atom. The summed E-state index contributed by atoms with van der Waals surface area (Å²) in [5.41, 5.74) is 6.83. The number of anilines is 1. The minimum Gasteiger partial charge on any atom is -0.495 e. The van der Waals surface area contributed by atoms with E-state index in [4.69, 9.17) is 10.5 Å². The molecule has 5 nitrogen and oxygen atoms in total. The van der Waals surface area contributed by atoms with Crippen molar-refractivity contribution in [2.24, 2.45) is 5.41 Å². The summed E-state index contributed by atoms with van der Waals surface area (Å²) in [4.78, 5) is 14.2. The first-order valence-electron chi connectivity index (χ1n) is 6.61. The summed E-state index contributed by atoms with van der Waals surface area (Å²) >= 11 is 0. The molecule has 0 bridgehead atoms. The highest BCUT2D eigenvalue weighted by Gasteiger charge is 2.20. The molecule has 1 aromatic carbocycles. The molecule has 3 N–H and O–H groups in total. The van der Waals surface area contributed by atoms with Crippen molar-refractivity contribution in [2.45, 2.75) is 13.8 Å². The number of methoxy groups -OCH3 is 1. The average molecular weight is 279 g/mol. The van der Waals surface area contributed by atoms with Crippen molar-refractivity contribution < 1.29 is 9.53 Å². The van der Waals surface area contributed by atoms with Crippen molar-refractivity contribution in [3.05, 3.63) is 23.8 Å². The van der Waals surface area contributed by atoms with Crippen LogP contribution >= 0.6 is 0 Å². The first-order chi connectivity index (χ1) is 9.25. The van der Waals surface area contributed by atoms with Crippen molar-refractivity contribution in [3.8, 4) is 5.75 Å². The monoisotopic (exact) mass is 279 g/mol. The lowest BCUT2D eigenvalue weighted by Crippen LogP contribution is -2.39. The van der Waals surface area contributed by atoms with Crippen LogP contribution < -0.4 is 15.8 Å². The first-order valence-corrected chi connectivity index (χ1v) is 6.61. The Morgan fingerprint density at radius 1 is 1.40 bits per heavy atom. The van der Waals surface area contributed by atoms with Gasteiger partial charge in [0.25, 0.3) is 5.91 Å². The third kappa shape index (κ3) is 4.74. The Balaban J connectivity index is 2.65. The maximum atomic E-state index is 12.1. The van der Waals surface area contributed by atoms with Gasteiger partial charge in [-0.3, -0.25) is 4.79 Å². The Kier molecular flexibility index (Phi) is 5.39. The molecular formula is C15H25N3O2. The SMILES string of the molecule is COc1ccc(C(=O)NCC(C)(C)CN(C)C)cc1N. The molecule has 0 heterocycles. The molecule has 112 valence electrons. The molecule has 0 atom stereocenters. The number of rotatable bonds is 6. The molecule has 0 fully saturated rings. The number of amides is 1. The third-order valence-electron chi connectivity index (χ3n) is 2.96. The van der Waals surface area contributed by atoms with Gasteiger partial charge in [-0.15, -0.1) is 0 Å². The zero-order chi connectivity index (χ0) is 15.3. The van der Waals surface area contributed by atoms with E-state index < -0.39 is 0 Å². The molecule has 0 saturated carbocycles. The summed E-state index contributed by atoms with van der Waals surface area (Å²) in [6.45, 7) is 5.75. The maximum absolute atomic E-state index is 12.1. The quantitative estimate of drug-likeness (QED) is 0.776. The number of carbonyl (C=O) groups excluding carboxylic acids is 1. The average Bonchev–Trinajstić information content (AvgIpc) is 2.34. The minimum absolute atomic E-state index is 0.0111. The molecule has 5 heteroatoms. The summed E-state index contributed by atoms with van der Waals surface area (Å²) < 4.78 is 5.08. The molecule has 1 amide bonds. The van der Waals surface area contributed by atoms with Gasteiger partial charge in [-0.25, -0.2) is 0 Å². The minimum atomic E-state index is -0.119. The van der Waals surface area contributed by atoms with Gasteiger partial charge in [0.05, 0.1) is 12.8 Å². The van der Waals surface area contributed by atoms with Crippen molar-refractivity contribution in [1.82, 2.24) is 10.2 Å². The van der Waals surface area contributed by atoms with Crippen LogP contribution in [0.25, 0.3) is 0 Å². The Labute approximate surface area is 121 Å². The molecular weight excluding hydrogens is 254 g/mol. The standard InChI is InChI=1S/C15H25N3O2/c1-15(2,10-18(3)4)9-17-14(19)11-6-7-13(20-5)12(16)8-11/h6-8H,9-10,16H2,1-5H3,(H,17,19). The highest BCUT2D eigenvalue weighted by Crippen LogP contribution is 2.22. The van der Waals surface area contributed by atoms with E-state index in [1.807, 2.05) is 14.1 Å². The zero-order valence-corrected chi connectivity index (χ0v) is 13.0. The number of ether oxygens (including phenoxy) is 1. The van der Waals surface area contributed by atoms with E-state index in [-0.39, 0.29) is 11.3 Å². The fourth-order valence-electron chi connectivity index (χ4n) is 2.21. The van der Waals surface area contributed by atoms with Crippen molar-refractivity contribution in [3.63, 3.8) is 0 Å². The topological polar surface area (TPSA) is 67.6 Å². The van der Waals surface area contributed by atoms with Gasteiger partial charge in [0.1, 0.15) is 5.75 Å². The molecule has 1 rings (SSSR count). The smallest absolute Gasteiger partial charge is 0.251 e. The largest absolute Gasteiger partial charge is 0.495 e. The molecule has 0 aliphatic heterocycles. The molecule has 0 aliphatic carbocycles. The van der Waals surface area contributed by atoms with E-state index in [1.165, 1.54) is 0 Å². The van der Waals surface area contributed by atoms with Gasteiger partial charge >= 0.3 is 0 Å². The van der Waals surface area contributed by atoms with E-state index in [1.54, 1.807) is 25.3 Å². The van der Waals surface area contributed by atoms with E-state index in [2.05, 4.69) is 24.1 Å². The lowest BCUT2D eigenvalue weighted by molar-refractivity contribution is 0.0929. The van der Waals surface area contributed by atoms with Crippen molar-refractivity contribution in [1.29, 1.82) is 0 Å². The highest BCUT2D eigenvalue weighted by molar-refractivity contribution is 5.95. The second kappa shape index (κ2) is 6.61. The fraction of sp³-hybridized carbons (Fsp3) is 0.533. The highest BCUT2D eigenvalue weighted by atomic mass is 16.5. The van der Waals surface area contributed by atoms with Gasteiger partial charge in [0.15, 0.2) is 0 Å². The number of nitrogens with two attached hydrogens (primary N) is 1. The molecule has 0 aliphatic rings. The van der Waals surface area contributed by atoms with Crippen LogP contribution in [0.1, 0.15) is 24.2 Å². The lowest BCUT2D eigenvalue weighted by atomic mass is 9.93. The molecule has 20 heavy (non-hydrogen) atoms. The van der Waals surface area contributed by atoms with Crippen LogP contribution in [0.3, 0.4) is 0 Å². The lowest BCUT2D eigenvalue weighted by Gasteiger charge is -2.28. The molecule has 0 spiro atoms. The number of hydrogen-bond donors (Lipinski definition) is 2. The normalized spacial score (nSPS) is 11.5. The zero-order valence-electron chi connectivity index (χ0n) is 13.0. The Bertz CT molecular complexity index is 470. The molecule has 0 aromatic heterocycles.